The molecule has 1 heterocycles. The van der Waals surface area contributed by atoms with Crippen LogP contribution in [0.1, 0.15) is 31.2 Å². The zero-order valence-corrected chi connectivity index (χ0v) is 12.8. The first-order valence-corrected chi connectivity index (χ1v) is 7.77. The van der Waals surface area contributed by atoms with Gasteiger partial charge in [0, 0.05) is 11.6 Å². The second-order valence-corrected chi connectivity index (χ2v) is 5.95. The van der Waals surface area contributed by atoms with Crippen LogP contribution in [0.25, 0.3) is 0 Å². The molecule has 0 unspecified atom stereocenters. The van der Waals surface area contributed by atoms with Crippen LogP contribution in [0.5, 0.6) is 0 Å². The second-order valence-electron chi connectivity index (χ2n) is 5.51. The van der Waals surface area contributed by atoms with E-state index < -0.39 is 0 Å². The number of rotatable bonds is 4. The Morgan fingerprint density at radius 2 is 2.05 bits per heavy atom. The molecule has 1 saturated heterocycles. The largest absolute Gasteiger partial charge is 0.354 e. The van der Waals surface area contributed by atoms with Crippen molar-refractivity contribution in [2.45, 2.75) is 38.1 Å². The van der Waals surface area contributed by atoms with Gasteiger partial charge in [0.2, 0.25) is 5.91 Å². The smallest absolute Gasteiger partial charge is 0.237 e. The molecule has 0 saturated carbocycles. The van der Waals surface area contributed by atoms with Crippen molar-refractivity contribution in [2.24, 2.45) is 0 Å². The van der Waals surface area contributed by atoms with Gasteiger partial charge in [0.05, 0.1) is 6.04 Å². The number of nitrogens with one attached hydrogen (secondary N) is 1. The van der Waals surface area contributed by atoms with Gasteiger partial charge in [-0.05, 0) is 50.6 Å². The average Bonchev–Trinajstić information content (AvgIpc) is 2.65. The Labute approximate surface area is 126 Å². The van der Waals surface area contributed by atoms with Gasteiger partial charge in [0.15, 0.2) is 0 Å². The van der Waals surface area contributed by atoms with Crippen molar-refractivity contribution in [3.63, 3.8) is 0 Å². The summed E-state index contributed by atoms with van der Waals surface area (Å²) >= 11 is 5.85. The van der Waals surface area contributed by atoms with Gasteiger partial charge in [-0.2, -0.15) is 0 Å². The van der Waals surface area contributed by atoms with E-state index in [-0.39, 0.29) is 11.9 Å². The summed E-state index contributed by atoms with van der Waals surface area (Å²) in [7, 11) is 2.05. The summed E-state index contributed by atoms with van der Waals surface area (Å²) in [5.74, 6) is 0.170. The van der Waals surface area contributed by atoms with Crippen LogP contribution in [0.4, 0.5) is 0 Å². The van der Waals surface area contributed by atoms with Crippen LogP contribution in [0.2, 0.25) is 5.02 Å². The molecule has 1 aliphatic heterocycles. The fraction of sp³-hybridized carbons (Fsp3) is 0.562. The maximum atomic E-state index is 12.2. The van der Waals surface area contributed by atoms with E-state index in [1.807, 2.05) is 24.3 Å². The number of nitrogens with zero attached hydrogens (tertiary/aromatic N) is 1. The molecular formula is C16H23ClN2O. The number of likely N-dealkylation sites (N-methyl/N-ethyl adjacent to an activating group) is 1. The summed E-state index contributed by atoms with van der Waals surface area (Å²) in [5.41, 5.74) is 1.20. The molecule has 0 aromatic heterocycles. The summed E-state index contributed by atoms with van der Waals surface area (Å²) in [6.07, 6.45) is 5.41. The molecule has 0 spiro atoms. The molecule has 4 heteroatoms. The minimum Gasteiger partial charge on any atom is -0.354 e. The van der Waals surface area contributed by atoms with Crippen molar-refractivity contribution in [1.82, 2.24) is 10.2 Å². The SMILES string of the molecule is CN1CCCCC[C@@H]1C(=O)NCCc1ccc(Cl)cc1. The van der Waals surface area contributed by atoms with E-state index in [9.17, 15) is 4.79 Å². The Bertz CT molecular complexity index is 433. The Morgan fingerprint density at radius 1 is 1.30 bits per heavy atom. The van der Waals surface area contributed by atoms with Crippen molar-refractivity contribution in [2.75, 3.05) is 20.1 Å². The number of amides is 1. The van der Waals surface area contributed by atoms with Gasteiger partial charge in [-0.1, -0.05) is 36.6 Å². The monoisotopic (exact) mass is 294 g/mol. The Kier molecular flexibility index (Phi) is 5.86. The summed E-state index contributed by atoms with van der Waals surface area (Å²) in [6.45, 7) is 1.71. The minimum absolute atomic E-state index is 0.0442. The first kappa shape index (κ1) is 15.3. The maximum Gasteiger partial charge on any atom is 0.237 e. The molecule has 2 rings (SSSR count). The molecule has 1 amide bonds. The maximum absolute atomic E-state index is 12.2. The summed E-state index contributed by atoms with van der Waals surface area (Å²) in [4.78, 5) is 14.4. The van der Waals surface area contributed by atoms with Crippen LogP contribution >= 0.6 is 11.6 Å². The highest BCUT2D eigenvalue weighted by atomic mass is 35.5. The zero-order valence-electron chi connectivity index (χ0n) is 12.1. The number of carbonyl (C=O) groups excluding carboxylic acids is 1. The minimum atomic E-state index is 0.0442. The van der Waals surface area contributed by atoms with E-state index >= 15 is 0 Å². The van der Waals surface area contributed by atoms with E-state index in [1.165, 1.54) is 18.4 Å². The van der Waals surface area contributed by atoms with Gasteiger partial charge in [0.1, 0.15) is 0 Å². The van der Waals surface area contributed by atoms with Crippen LogP contribution in [0, 0.1) is 0 Å². The summed E-state index contributed by atoms with van der Waals surface area (Å²) in [6, 6.07) is 7.83. The summed E-state index contributed by atoms with van der Waals surface area (Å²) in [5, 5.41) is 3.81. The van der Waals surface area contributed by atoms with Crippen LogP contribution in [0.3, 0.4) is 0 Å². The predicted molar refractivity (Wildman–Crippen MR) is 83.1 cm³/mol. The van der Waals surface area contributed by atoms with Crippen LogP contribution in [0.15, 0.2) is 24.3 Å². The number of hydrogen-bond donors (Lipinski definition) is 1. The van der Waals surface area contributed by atoms with E-state index in [4.69, 9.17) is 11.6 Å². The topological polar surface area (TPSA) is 32.3 Å². The molecule has 1 aromatic rings. The lowest BCUT2D eigenvalue weighted by Crippen LogP contribution is -2.45. The first-order chi connectivity index (χ1) is 9.66. The fourth-order valence-electron chi connectivity index (χ4n) is 2.68. The van der Waals surface area contributed by atoms with Crippen LogP contribution in [-0.2, 0) is 11.2 Å². The normalized spacial score (nSPS) is 20.4. The Hall–Kier alpha value is -1.06. The second kappa shape index (κ2) is 7.65. The highest BCUT2D eigenvalue weighted by molar-refractivity contribution is 6.30. The molecule has 0 bridgehead atoms. The number of carbonyl (C=O) groups is 1. The Balaban J connectivity index is 1.78. The number of benzene rings is 1. The predicted octanol–water partition coefficient (Wildman–Crippen LogP) is 2.87. The molecule has 0 aliphatic carbocycles. The standard InChI is InChI=1S/C16H23ClN2O/c1-19-12-4-2-3-5-15(19)16(20)18-11-10-13-6-8-14(17)9-7-13/h6-9,15H,2-5,10-12H2,1H3,(H,18,20)/t15-/m1/s1. The third kappa shape index (κ3) is 4.50. The highest BCUT2D eigenvalue weighted by Gasteiger charge is 2.23. The zero-order chi connectivity index (χ0) is 14.4. The van der Waals surface area contributed by atoms with Crippen molar-refractivity contribution < 1.29 is 4.79 Å². The van der Waals surface area contributed by atoms with Gasteiger partial charge in [-0.3, -0.25) is 9.69 Å². The molecule has 1 aliphatic rings. The fourth-order valence-corrected chi connectivity index (χ4v) is 2.81. The summed E-state index contributed by atoms with van der Waals surface area (Å²) < 4.78 is 0. The molecular weight excluding hydrogens is 272 g/mol. The highest BCUT2D eigenvalue weighted by Crippen LogP contribution is 2.15. The average molecular weight is 295 g/mol. The van der Waals surface area contributed by atoms with Gasteiger partial charge >= 0.3 is 0 Å². The van der Waals surface area contributed by atoms with Gasteiger partial charge in [0.25, 0.3) is 0 Å². The molecule has 1 aromatic carbocycles. The number of hydrogen-bond acceptors (Lipinski definition) is 2. The number of likely N-dealkylation sites (tertiary alicyclic amines) is 1. The van der Waals surface area contributed by atoms with Crippen LogP contribution in [-0.4, -0.2) is 37.0 Å². The van der Waals surface area contributed by atoms with Crippen molar-refractivity contribution in [1.29, 1.82) is 0 Å². The Morgan fingerprint density at radius 3 is 2.80 bits per heavy atom. The first-order valence-electron chi connectivity index (χ1n) is 7.39. The van der Waals surface area contributed by atoms with Gasteiger partial charge < -0.3 is 5.32 Å². The molecule has 20 heavy (non-hydrogen) atoms. The van der Waals surface area contributed by atoms with E-state index in [0.717, 1.165) is 30.8 Å². The van der Waals surface area contributed by atoms with Crippen LogP contribution < -0.4 is 5.32 Å². The van der Waals surface area contributed by atoms with E-state index in [1.54, 1.807) is 0 Å². The van der Waals surface area contributed by atoms with E-state index in [0.29, 0.717) is 6.54 Å². The molecule has 1 fully saturated rings. The van der Waals surface area contributed by atoms with Gasteiger partial charge in [-0.25, -0.2) is 0 Å². The third-order valence-electron chi connectivity index (χ3n) is 3.95. The quantitative estimate of drug-likeness (QED) is 0.926. The van der Waals surface area contributed by atoms with Crippen molar-refractivity contribution in [3.05, 3.63) is 34.9 Å². The molecule has 1 N–H and O–H groups in total. The van der Waals surface area contributed by atoms with Crippen molar-refractivity contribution in [3.8, 4) is 0 Å². The molecule has 3 nitrogen and oxygen atoms in total. The number of halogens is 1. The molecule has 1 atom stereocenters. The third-order valence-corrected chi connectivity index (χ3v) is 4.20. The van der Waals surface area contributed by atoms with Crippen molar-refractivity contribution >= 4 is 17.5 Å². The van der Waals surface area contributed by atoms with Gasteiger partial charge in [-0.15, -0.1) is 0 Å². The lowest BCUT2D eigenvalue weighted by Gasteiger charge is -2.24. The molecule has 110 valence electrons. The lowest BCUT2D eigenvalue weighted by atomic mass is 10.1. The van der Waals surface area contributed by atoms with E-state index in [2.05, 4.69) is 17.3 Å². The lowest BCUT2D eigenvalue weighted by molar-refractivity contribution is -0.126. The molecule has 0 radical (unpaired) electrons.